The third kappa shape index (κ3) is 41.0. The van der Waals surface area contributed by atoms with Crippen LogP contribution >= 0.6 is 0 Å². The fourth-order valence-electron chi connectivity index (χ4n) is 6.46. The standard InChI is InChI=1S/C46H86O4/c1-3-5-7-9-11-13-15-17-19-20-21-22-23-24-25-26-28-30-32-34-36-38-40-42-49-44-45(43-47)50-46(48)41-39-37-35-33-31-29-27-18-16-14-12-10-8-6-4-2/h6,8,12,14,18,27,45,47H,3-5,7,9-11,13,15-17,19-26,28-44H2,1-2H3/b8-6-,14-12-,27-18-. The average molecular weight is 703 g/mol. The van der Waals surface area contributed by atoms with Crippen molar-refractivity contribution in [3.05, 3.63) is 36.5 Å². The second-order valence-corrected chi connectivity index (χ2v) is 14.7. The summed E-state index contributed by atoms with van der Waals surface area (Å²) in [4.78, 5) is 12.2. The fraction of sp³-hybridized carbons (Fsp3) is 0.848. The van der Waals surface area contributed by atoms with E-state index in [0.29, 0.717) is 19.6 Å². The predicted molar refractivity (Wildman–Crippen MR) is 219 cm³/mol. The minimum atomic E-state index is -0.540. The quantitative estimate of drug-likeness (QED) is 0.0391. The van der Waals surface area contributed by atoms with Gasteiger partial charge in [-0.05, 0) is 44.9 Å². The first kappa shape index (κ1) is 48.6. The molecule has 0 amide bonds. The van der Waals surface area contributed by atoms with Gasteiger partial charge in [-0.25, -0.2) is 0 Å². The first-order valence-electron chi connectivity index (χ1n) is 22.1. The fourth-order valence-corrected chi connectivity index (χ4v) is 6.46. The maximum absolute atomic E-state index is 12.2. The molecule has 0 saturated heterocycles. The van der Waals surface area contributed by atoms with E-state index in [2.05, 4.69) is 50.3 Å². The van der Waals surface area contributed by atoms with Crippen LogP contribution < -0.4 is 0 Å². The highest BCUT2D eigenvalue weighted by Crippen LogP contribution is 2.16. The minimum Gasteiger partial charge on any atom is -0.457 e. The van der Waals surface area contributed by atoms with E-state index in [0.717, 1.165) is 51.4 Å². The zero-order valence-corrected chi connectivity index (χ0v) is 33.7. The number of ether oxygens (including phenoxy) is 2. The van der Waals surface area contributed by atoms with E-state index < -0.39 is 6.10 Å². The average Bonchev–Trinajstić information content (AvgIpc) is 3.12. The van der Waals surface area contributed by atoms with Crippen molar-refractivity contribution >= 4 is 5.97 Å². The number of unbranched alkanes of at least 4 members (excludes halogenated alkanes) is 27. The van der Waals surface area contributed by atoms with Crippen LogP contribution in [0, 0.1) is 0 Å². The van der Waals surface area contributed by atoms with Gasteiger partial charge in [0.1, 0.15) is 6.10 Å². The normalized spacial score (nSPS) is 12.6. The van der Waals surface area contributed by atoms with Crippen molar-refractivity contribution in [1.29, 1.82) is 0 Å². The molecule has 0 aliphatic carbocycles. The Morgan fingerprint density at radius 1 is 0.500 bits per heavy atom. The predicted octanol–water partition coefficient (Wildman–Crippen LogP) is 14.5. The number of hydrogen-bond donors (Lipinski definition) is 1. The van der Waals surface area contributed by atoms with Crippen molar-refractivity contribution in [2.24, 2.45) is 0 Å². The van der Waals surface area contributed by atoms with Gasteiger partial charge in [0.2, 0.25) is 0 Å². The van der Waals surface area contributed by atoms with E-state index in [9.17, 15) is 9.90 Å². The number of aliphatic hydroxyl groups excluding tert-OH is 1. The lowest BCUT2D eigenvalue weighted by atomic mass is 10.0. The molecule has 0 fully saturated rings. The van der Waals surface area contributed by atoms with E-state index in [1.54, 1.807) is 0 Å². The van der Waals surface area contributed by atoms with Crippen LogP contribution in [0.15, 0.2) is 36.5 Å². The molecule has 0 aromatic carbocycles. The first-order chi connectivity index (χ1) is 24.7. The van der Waals surface area contributed by atoms with Crippen LogP contribution in [0.2, 0.25) is 0 Å². The largest absolute Gasteiger partial charge is 0.457 e. The van der Waals surface area contributed by atoms with Gasteiger partial charge in [-0.3, -0.25) is 4.79 Å². The van der Waals surface area contributed by atoms with Crippen molar-refractivity contribution in [2.45, 2.75) is 232 Å². The van der Waals surface area contributed by atoms with Crippen molar-refractivity contribution in [1.82, 2.24) is 0 Å². The maximum Gasteiger partial charge on any atom is 0.306 e. The lowest BCUT2D eigenvalue weighted by molar-refractivity contribution is -0.154. The number of esters is 1. The monoisotopic (exact) mass is 703 g/mol. The highest BCUT2D eigenvalue weighted by atomic mass is 16.6. The molecule has 294 valence electrons. The van der Waals surface area contributed by atoms with Gasteiger partial charge in [0, 0.05) is 13.0 Å². The Hall–Kier alpha value is -1.39. The molecule has 1 unspecified atom stereocenters. The summed E-state index contributed by atoms with van der Waals surface area (Å²) in [6.45, 7) is 5.25. The zero-order chi connectivity index (χ0) is 36.3. The van der Waals surface area contributed by atoms with E-state index in [1.807, 2.05) is 0 Å². The molecule has 0 aromatic rings. The summed E-state index contributed by atoms with van der Waals surface area (Å²) < 4.78 is 11.2. The lowest BCUT2D eigenvalue weighted by Gasteiger charge is -2.15. The number of allylic oxidation sites excluding steroid dienone is 6. The second-order valence-electron chi connectivity index (χ2n) is 14.7. The summed E-state index contributed by atoms with van der Waals surface area (Å²) in [6, 6.07) is 0. The van der Waals surface area contributed by atoms with Crippen LogP contribution in [0.4, 0.5) is 0 Å². The van der Waals surface area contributed by atoms with Crippen LogP contribution in [0.1, 0.15) is 226 Å². The molecule has 1 atom stereocenters. The highest BCUT2D eigenvalue weighted by Gasteiger charge is 2.13. The minimum absolute atomic E-state index is 0.176. The molecule has 0 aliphatic heterocycles. The van der Waals surface area contributed by atoms with Gasteiger partial charge in [-0.2, -0.15) is 0 Å². The van der Waals surface area contributed by atoms with Crippen LogP contribution in [-0.4, -0.2) is 37.0 Å². The van der Waals surface area contributed by atoms with Gasteiger partial charge in [0.05, 0.1) is 13.2 Å². The molecule has 4 nitrogen and oxygen atoms in total. The van der Waals surface area contributed by atoms with Gasteiger partial charge in [-0.1, -0.05) is 211 Å². The van der Waals surface area contributed by atoms with E-state index in [-0.39, 0.29) is 12.6 Å². The third-order valence-corrected chi connectivity index (χ3v) is 9.73. The summed E-state index contributed by atoms with van der Waals surface area (Å²) in [5.74, 6) is -0.214. The smallest absolute Gasteiger partial charge is 0.306 e. The Labute approximate surface area is 312 Å². The number of hydrogen-bond acceptors (Lipinski definition) is 4. The molecule has 1 N–H and O–H groups in total. The summed E-state index contributed by atoms with van der Waals surface area (Å²) in [5.41, 5.74) is 0. The summed E-state index contributed by atoms with van der Waals surface area (Å²) in [6.07, 6.45) is 55.0. The van der Waals surface area contributed by atoms with Gasteiger partial charge in [0.15, 0.2) is 0 Å². The Morgan fingerprint density at radius 2 is 0.900 bits per heavy atom. The summed E-state index contributed by atoms with van der Waals surface area (Å²) in [7, 11) is 0. The Bertz CT molecular complexity index is 742. The summed E-state index contributed by atoms with van der Waals surface area (Å²) in [5, 5.41) is 9.60. The van der Waals surface area contributed by atoms with Gasteiger partial charge in [0.25, 0.3) is 0 Å². The van der Waals surface area contributed by atoms with Crippen molar-refractivity contribution in [3.63, 3.8) is 0 Å². The zero-order valence-electron chi connectivity index (χ0n) is 33.7. The second kappa shape index (κ2) is 43.8. The molecule has 0 bridgehead atoms. The molecular weight excluding hydrogens is 617 g/mol. The SMILES string of the molecule is CC/C=C\C/C=C\C/C=C\CCCCCCCC(=O)OC(CO)COCCCCCCCCCCCCCCCCCCCCCCCCC. The number of rotatable bonds is 41. The molecule has 0 aliphatic rings. The van der Waals surface area contributed by atoms with Gasteiger partial charge < -0.3 is 14.6 Å². The van der Waals surface area contributed by atoms with Gasteiger partial charge >= 0.3 is 5.97 Å². The highest BCUT2D eigenvalue weighted by molar-refractivity contribution is 5.69. The van der Waals surface area contributed by atoms with E-state index in [4.69, 9.17) is 9.47 Å². The molecular formula is C46H86O4. The Balaban J connectivity index is 3.38. The van der Waals surface area contributed by atoms with Crippen LogP contribution in [-0.2, 0) is 14.3 Å². The topological polar surface area (TPSA) is 55.8 Å². The van der Waals surface area contributed by atoms with Crippen LogP contribution in [0.3, 0.4) is 0 Å². The van der Waals surface area contributed by atoms with Crippen molar-refractivity contribution in [3.8, 4) is 0 Å². The third-order valence-electron chi connectivity index (χ3n) is 9.73. The van der Waals surface area contributed by atoms with Crippen LogP contribution in [0.25, 0.3) is 0 Å². The molecule has 4 heteroatoms. The molecule has 0 rings (SSSR count). The molecule has 0 spiro atoms. The molecule has 0 heterocycles. The number of carbonyl (C=O) groups excluding carboxylic acids is 1. The van der Waals surface area contributed by atoms with Gasteiger partial charge in [-0.15, -0.1) is 0 Å². The Morgan fingerprint density at radius 3 is 1.36 bits per heavy atom. The van der Waals surface area contributed by atoms with E-state index >= 15 is 0 Å². The molecule has 0 radical (unpaired) electrons. The Kier molecular flexibility index (Phi) is 42.6. The first-order valence-corrected chi connectivity index (χ1v) is 22.1. The van der Waals surface area contributed by atoms with Crippen molar-refractivity contribution in [2.75, 3.05) is 19.8 Å². The van der Waals surface area contributed by atoms with Crippen LogP contribution in [0.5, 0.6) is 0 Å². The summed E-state index contributed by atoms with van der Waals surface area (Å²) >= 11 is 0. The molecule has 0 aromatic heterocycles. The molecule has 50 heavy (non-hydrogen) atoms. The molecule has 0 saturated carbocycles. The number of aliphatic hydroxyl groups is 1. The lowest BCUT2D eigenvalue weighted by Crippen LogP contribution is -2.27. The van der Waals surface area contributed by atoms with E-state index in [1.165, 1.54) is 154 Å². The van der Waals surface area contributed by atoms with Crippen molar-refractivity contribution < 1.29 is 19.4 Å². The number of carbonyl (C=O) groups is 1. The maximum atomic E-state index is 12.2.